The molecule has 0 amide bonds. The van der Waals surface area contributed by atoms with Gasteiger partial charge in [0.1, 0.15) is 23.7 Å². The van der Waals surface area contributed by atoms with Gasteiger partial charge in [-0.05, 0) is 6.26 Å². The molecule has 142 valence electrons. The van der Waals surface area contributed by atoms with Gasteiger partial charge in [0.25, 0.3) is 0 Å². The lowest BCUT2D eigenvalue weighted by Crippen LogP contribution is -2.33. The zero-order valence-corrected chi connectivity index (χ0v) is 15.1. The molecule has 11 nitrogen and oxygen atoms in total. The van der Waals surface area contributed by atoms with Crippen LogP contribution in [0.3, 0.4) is 0 Å². The van der Waals surface area contributed by atoms with Crippen LogP contribution in [0.1, 0.15) is 11.9 Å². The van der Waals surface area contributed by atoms with Crippen LogP contribution in [0.2, 0.25) is 0 Å². The number of aromatic nitrogens is 4. The van der Waals surface area contributed by atoms with Crippen LogP contribution in [-0.2, 0) is 9.47 Å². The van der Waals surface area contributed by atoms with Crippen LogP contribution >= 0.6 is 11.8 Å². The summed E-state index contributed by atoms with van der Waals surface area (Å²) >= 11 is 1.27. The summed E-state index contributed by atoms with van der Waals surface area (Å²) in [6.07, 6.45) is -2.94. The topological polar surface area (TPSA) is 156 Å². The second kappa shape index (κ2) is 7.32. The van der Waals surface area contributed by atoms with Crippen LogP contribution in [0.25, 0.3) is 11.0 Å². The fraction of sp³-hybridized carbons (Fsp3) is 0.571. The minimum absolute atomic E-state index is 0.102. The maximum Gasteiger partial charge on any atom is 0.235 e. The Kier molecular flexibility index (Phi) is 5.29. The fourth-order valence-electron chi connectivity index (χ4n) is 2.74. The number of hydrogen-bond acceptors (Lipinski definition) is 11. The lowest BCUT2D eigenvalue weighted by atomic mass is 10.1. The molecule has 0 spiro atoms. The van der Waals surface area contributed by atoms with E-state index in [-0.39, 0.29) is 23.1 Å². The second-order valence-electron chi connectivity index (χ2n) is 5.47. The van der Waals surface area contributed by atoms with Crippen LogP contribution in [-0.4, -0.2) is 86.4 Å². The monoisotopic (exact) mass is 385 g/mol. The van der Waals surface area contributed by atoms with E-state index in [9.17, 15) is 15.3 Å². The van der Waals surface area contributed by atoms with Crippen molar-refractivity contribution in [2.75, 3.05) is 27.1 Å². The van der Waals surface area contributed by atoms with Crippen molar-refractivity contribution in [2.24, 2.45) is 0 Å². The van der Waals surface area contributed by atoms with Crippen LogP contribution in [0.4, 0.5) is 0 Å². The normalized spacial score (nSPS) is 25.6. The Morgan fingerprint density at radius 1 is 1.31 bits per heavy atom. The number of aliphatic hydroxyl groups excluding tert-OH is 3. The third-order valence-corrected chi connectivity index (χ3v) is 4.60. The van der Waals surface area contributed by atoms with E-state index in [4.69, 9.17) is 19.6 Å². The Balaban J connectivity index is 2.24. The fourth-order valence-corrected chi connectivity index (χ4v) is 3.09. The molecule has 12 heteroatoms. The van der Waals surface area contributed by atoms with E-state index < -0.39 is 31.1 Å². The van der Waals surface area contributed by atoms with Crippen molar-refractivity contribution in [1.29, 1.82) is 5.41 Å². The highest BCUT2D eigenvalue weighted by Gasteiger charge is 2.45. The third kappa shape index (κ3) is 2.89. The number of aliphatic hydroxyl groups is 3. The highest BCUT2D eigenvalue weighted by molar-refractivity contribution is 7.98. The summed E-state index contributed by atoms with van der Waals surface area (Å²) < 4.78 is 17.0. The summed E-state index contributed by atoms with van der Waals surface area (Å²) in [5, 5.41) is 42.6. The SMILES string of the molecule is COC(=N)c1nn([C@@H]2O[C@H](CO)[C@@H](O)[C@H]2O)c2nc(SC)nc(OC)c12. The summed E-state index contributed by atoms with van der Waals surface area (Å²) in [6.45, 7) is -0.469. The van der Waals surface area contributed by atoms with Gasteiger partial charge >= 0.3 is 0 Å². The van der Waals surface area contributed by atoms with Crippen LogP contribution in [0, 0.1) is 5.41 Å². The van der Waals surface area contributed by atoms with Crippen LogP contribution < -0.4 is 4.74 Å². The van der Waals surface area contributed by atoms with E-state index >= 15 is 0 Å². The molecule has 1 aliphatic rings. The van der Waals surface area contributed by atoms with Gasteiger partial charge in [-0.3, -0.25) is 5.41 Å². The first kappa shape index (κ1) is 18.8. The molecule has 0 unspecified atom stereocenters. The van der Waals surface area contributed by atoms with Gasteiger partial charge in [-0.1, -0.05) is 11.8 Å². The maximum atomic E-state index is 10.3. The van der Waals surface area contributed by atoms with Crippen molar-refractivity contribution in [3.8, 4) is 5.88 Å². The van der Waals surface area contributed by atoms with E-state index in [0.29, 0.717) is 10.5 Å². The lowest BCUT2D eigenvalue weighted by Gasteiger charge is -2.15. The van der Waals surface area contributed by atoms with Gasteiger partial charge in [-0.15, -0.1) is 0 Å². The average molecular weight is 385 g/mol. The van der Waals surface area contributed by atoms with Crippen LogP contribution in [0.15, 0.2) is 5.16 Å². The predicted octanol–water partition coefficient (Wildman–Crippen LogP) is -0.860. The van der Waals surface area contributed by atoms with E-state index in [2.05, 4.69) is 15.1 Å². The third-order valence-electron chi connectivity index (χ3n) is 4.05. The second-order valence-corrected chi connectivity index (χ2v) is 6.25. The van der Waals surface area contributed by atoms with Gasteiger partial charge in [0.15, 0.2) is 22.7 Å². The molecule has 2 aromatic rings. The first-order valence-corrected chi connectivity index (χ1v) is 8.82. The molecular formula is C14H19N5O6S. The van der Waals surface area contributed by atoms with Gasteiger partial charge in [0.05, 0.1) is 20.8 Å². The predicted molar refractivity (Wildman–Crippen MR) is 90.5 cm³/mol. The first-order chi connectivity index (χ1) is 12.5. The Bertz CT molecular complexity index is 830. The summed E-state index contributed by atoms with van der Waals surface area (Å²) in [7, 11) is 2.75. The van der Waals surface area contributed by atoms with Gasteiger partial charge in [0.2, 0.25) is 11.8 Å². The summed E-state index contributed by atoms with van der Waals surface area (Å²) in [5.74, 6) is -0.0616. The first-order valence-electron chi connectivity index (χ1n) is 7.60. The van der Waals surface area contributed by atoms with E-state index in [1.165, 1.54) is 30.7 Å². The van der Waals surface area contributed by atoms with Crippen LogP contribution in [0.5, 0.6) is 5.88 Å². The molecule has 0 radical (unpaired) electrons. The zero-order valence-electron chi connectivity index (χ0n) is 14.3. The molecule has 0 bridgehead atoms. The van der Waals surface area contributed by atoms with Gasteiger partial charge in [-0.25, -0.2) is 9.67 Å². The molecule has 2 aromatic heterocycles. The number of nitrogens with one attached hydrogen (secondary N) is 1. The number of rotatable bonds is 5. The zero-order chi connectivity index (χ0) is 19.0. The number of nitrogens with zero attached hydrogens (tertiary/aromatic N) is 4. The molecule has 4 N–H and O–H groups in total. The highest BCUT2D eigenvalue weighted by atomic mass is 32.2. The number of methoxy groups -OCH3 is 2. The summed E-state index contributed by atoms with van der Waals surface area (Å²) in [5.41, 5.74) is 0.345. The molecule has 1 saturated heterocycles. The summed E-state index contributed by atoms with van der Waals surface area (Å²) in [6, 6.07) is 0. The Morgan fingerprint density at radius 3 is 2.58 bits per heavy atom. The molecule has 3 heterocycles. The number of ether oxygens (including phenoxy) is 3. The van der Waals surface area contributed by atoms with Crippen molar-refractivity contribution in [3.63, 3.8) is 0 Å². The highest BCUT2D eigenvalue weighted by Crippen LogP contribution is 2.35. The van der Waals surface area contributed by atoms with Gasteiger partial charge < -0.3 is 29.5 Å². The van der Waals surface area contributed by atoms with E-state index in [1.54, 1.807) is 6.26 Å². The number of fused-ring (bicyclic) bond motifs is 1. The van der Waals surface area contributed by atoms with E-state index in [1.807, 2.05) is 0 Å². The Hall–Kier alpha value is -1.99. The molecule has 1 aliphatic heterocycles. The van der Waals surface area contributed by atoms with Crippen molar-refractivity contribution < 1.29 is 29.5 Å². The minimum Gasteiger partial charge on any atom is -0.480 e. The minimum atomic E-state index is -1.35. The van der Waals surface area contributed by atoms with Crippen molar-refractivity contribution in [1.82, 2.24) is 19.7 Å². The van der Waals surface area contributed by atoms with Crippen molar-refractivity contribution in [3.05, 3.63) is 5.69 Å². The van der Waals surface area contributed by atoms with E-state index in [0.717, 1.165) is 0 Å². The van der Waals surface area contributed by atoms with Gasteiger partial charge in [0, 0.05) is 0 Å². The standard InChI is InChI=1S/C14H19N5O6S/c1-23-10(15)7-6-11(16-14(26-3)17-12(6)24-2)19(18-7)13-9(22)8(21)5(4-20)25-13/h5,8-9,13,15,20-22H,4H2,1-3H3/t5-,8-,9-,13-/m1/s1. The van der Waals surface area contributed by atoms with Crippen molar-refractivity contribution in [2.45, 2.75) is 29.7 Å². The molecule has 4 atom stereocenters. The molecule has 0 saturated carbocycles. The lowest BCUT2D eigenvalue weighted by molar-refractivity contribution is -0.0567. The number of thioether (sulfide) groups is 1. The molecule has 26 heavy (non-hydrogen) atoms. The molecular weight excluding hydrogens is 366 g/mol. The largest absolute Gasteiger partial charge is 0.480 e. The summed E-state index contributed by atoms with van der Waals surface area (Å²) in [4.78, 5) is 8.63. The average Bonchev–Trinajstić information content (AvgIpc) is 3.18. The Labute approximate surface area is 152 Å². The molecule has 3 rings (SSSR count). The molecule has 0 aromatic carbocycles. The molecule has 1 fully saturated rings. The number of hydrogen-bond donors (Lipinski definition) is 4. The molecule has 0 aliphatic carbocycles. The smallest absolute Gasteiger partial charge is 0.235 e. The van der Waals surface area contributed by atoms with Gasteiger partial charge in [-0.2, -0.15) is 10.1 Å². The van der Waals surface area contributed by atoms with Crippen molar-refractivity contribution >= 4 is 28.7 Å². The maximum absolute atomic E-state index is 10.3. The Morgan fingerprint density at radius 2 is 2.04 bits per heavy atom. The quantitative estimate of drug-likeness (QED) is 0.221.